The molecule has 1 saturated carbocycles. The molecule has 1 aliphatic carbocycles. The van der Waals surface area contributed by atoms with E-state index in [1.807, 2.05) is 0 Å². The van der Waals surface area contributed by atoms with Crippen LogP contribution in [-0.4, -0.2) is 37.2 Å². The first-order valence-electron chi connectivity index (χ1n) is 11.9. The number of carbonyl (C=O) groups is 2. The van der Waals surface area contributed by atoms with E-state index in [1.54, 1.807) is 20.8 Å². The normalized spacial score (nSPS) is 18.1. The van der Waals surface area contributed by atoms with Gasteiger partial charge in [0.2, 0.25) is 0 Å². The Morgan fingerprint density at radius 1 is 1.10 bits per heavy atom. The molecule has 3 atom stereocenters. The van der Waals surface area contributed by atoms with Crippen molar-refractivity contribution in [2.75, 3.05) is 13.3 Å². The van der Waals surface area contributed by atoms with E-state index in [0.29, 0.717) is 18.8 Å². The third-order valence-corrected chi connectivity index (χ3v) is 6.95. The Bertz CT molecular complexity index is 557. The van der Waals surface area contributed by atoms with Crippen LogP contribution >= 0.6 is 8.03 Å². The molecule has 1 N–H and O–H groups in total. The summed E-state index contributed by atoms with van der Waals surface area (Å²) in [5, 5.41) is 2.75. The van der Waals surface area contributed by atoms with Crippen LogP contribution in [0.2, 0.25) is 0 Å². The maximum absolute atomic E-state index is 12.8. The van der Waals surface area contributed by atoms with Gasteiger partial charge in [-0.15, -0.1) is 0 Å². The number of methoxy groups -OCH3 is 1. The third kappa shape index (κ3) is 13.2. The van der Waals surface area contributed by atoms with Crippen molar-refractivity contribution in [1.29, 1.82) is 0 Å². The fraction of sp³-hybridized carbons (Fsp3) is 0.913. The van der Waals surface area contributed by atoms with Crippen LogP contribution < -0.4 is 5.32 Å². The molecule has 0 aromatic rings. The topological polar surface area (TPSA) is 90.9 Å². The monoisotopic (exact) mass is 461 g/mol. The number of esters is 1. The lowest BCUT2D eigenvalue weighted by atomic mass is 9.86. The van der Waals surface area contributed by atoms with E-state index >= 15 is 0 Å². The highest BCUT2D eigenvalue weighted by molar-refractivity contribution is 7.39. The first kappa shape index (κ1) is 28.0. The van der Waals surface area contributed by atoms with Crippen LogP contribution in [0.1, 0.15) is 98.3 Å². The van der Waals surface area contributed by atoms with Gasteiger partial charge in [-0.2, -0.15) is 0 Å². The molecule has 0 saturated heterocycles. The molecule has 0 spiro atoms. The van der Waals surface area contributed by atoms with Crippen LogP contribution in [0.4, 0.5) is 4.79 Å². The Balaban J connectivity index is 2.70. The molecule has 0 radical (unpaired) electrons. The quantitative estimate of drug-likeness (QED) is 0.155. The van der Waals surface area contributed by atoms with E-state index in [2.05, 4.69) is 12.2 Å². The summed E-state index contributed by atoms with van der Waals surface area (Å²) in [6.45, 7) is 7.53. The number of unbranched alkanes of at least 4 members (excludes halogenated alkanes) is 3. The zero-order valence-corrected chi connectivity index (χ0v) is 21.2. The van der Waals surface area contributed by atoms with Gasteiger partial charge in [-0.25, -0.2) is 4.79 Å². The molecule has 1 fully saturated rings. The van der Waals surface area contributed by atoms with E-state index in [-0.39, 0.29) is 12.1 Å². The summed E-state index contributed by atoms with van der Waals surface area (Å²) in [7, 11) is -1.19. The number of carbonyl (C=O) groups excluding carboxylic acids is 2. The van der Waals surface area contributed by atoms with E-state index < -0.39 is 31.9 Å². The highest BCUT2D eigenvalue weighted by Crippen LogP contribution is 2.34. The molecule has 1 amide bonds. The van der Waals surface area contributed by atoms with Crippen molar-refractivity contribution in [2.45, 2.75) is 110 Å². The molecule has 31 heavy (non-hydrogen) atoms. The van der Waals surface area contributed by atoms with Crippen molar-refractivity contribution in [2.24, 2.45) is 11.8 Å². The molecule has 1 rings (SSSR count). The molecule has 182 valence electrons. The van der Waals surface area contributed by atoms with Gasteiger partial charge in [-0.05, 0) is 39.5 Å². The van der Waals surface area contributed by atoms with Gasteiger partial charge in [0.25, 0.3) is 0 Å². The van der Waals surface area contributed by atoms with Crippen LogP contribution in [0.25, 0.3) is 0 Å². The zero-order chi connectivity index (χ0) is 23.3. The highest BCUT2D eigenvalue weighted by Gasteiger charge is 2.27. The van der Waals surface area contributed by atoms with E-state index in [0.717, 1.165) is 38.5 Å². The van der Waals surface area contributed by atoms with Crippen molar-refractivity contribution < 1.29 is 28.2 Å². The predicted molar refractivity (Wildman–Crippen MR) is 124 cm³/mol. The van der Waals surface area contributed by atoms with Gasteiger partial charge in [-0.3, -0.25) is 14.7 Å². The number of amides is 1. The molecular weight excluding hydrogens is 417 g/mol. The lowest BCUT2D eigenvalue weighted by Crippen LogP contribution is -2.41. The van der Waals surface area contributed by atoms with Crippen LogP contribution in [0.5, 0.6) is 0 Å². The number of alkyl carbamates (subject to hydrolysis) is 1. The molecule has 7 nitrogen and oxygen atoms in total. The Labute approximate surface area is 189 Å². The average molecular weight is 462 g/mol. The van der Waals surface area contributed by atoms with Gasteiger partial charge in [0.05, 0.1) is 13.0 Å². The molecule has 3 unspecified atom stereocenters. The van der Waals surface area contributed by atoms with Gasteiger partial charge in [0, 0.05) is 6.16 Å². The summed E-state index contributed by atoms with van der Waals surface area (Å²) >= 11 is 0. The van der Waals surface area contributed by atoms with Gasteiger partial charge >= 0.3 is 12.1 Å². The van der Waals surface area contributed by atoms with Gasteiger partial charge in [0.1, 0.15) is 11.8 Å². The van der Waals surface area contributed by atoms with Crippen LogP contribution in [-0.2, 0) is 23.4 Å². The summed E-state index contributed by atoms with van der Waals surface area (Å²) in [6, 6.07) is 0. The molecule has 0 aromatic heterocycles. The van der Waals surface area contributed by atoms with Crippen molar-refractivity contribution in [3.8, 4) is 0 Å². The van der Waals surface area contributed by atoms with E-state index in [1.165, 1.54) is 26.4 Å². The third-order valence-electron chi connectivity index (χ3n) is 5.58. The minimum Gasteiger partial charge on any atom is -0.469 e. The molecule has 8 heteroatoms. The lowest BCUT2D eigenvalue weighted by molar-refractivity contribution is -0.145. The summed E-state index contributed by atoms with van der Waals surface area (Å²) < 4.78 is 28.9. The second-order valence-electron chi connectivity index (χ2n) is 9.64. The van der Waals surface area contributed by atoms with Crippen molar-refractivity contribution in [3.05, 3.63) is 0 Å². The molecule has 0 heterocycles. The second-order valence-corrected chi connectivity index (χ2v) is 11.0. The second kappa shape index (κ2) is 14.9. The fourth-order valence-corrected chi connectivity index (χ4v) is 5.34. The van der Waals surface area contributed by atoms with E-state index in [9.17, 15) is 14.2 Å². The molecule has 1 aliphatic rings. The van der Waals surface area contributed by atoms with E-state index in [4.69, 9.17) is 14.0 Å². The smallest absolute Gasteiger partial charge is 0.409 e. The maximum Gasteiger partial charge on any atom is 0.409 e. The largest absolute Gasteiger partial charge is 0.469 e. The first-order valence-corrected chi connectivity index (χ1v) is 13.4. The predicted octanol–water partition coefficient (Wildman–Crippen LogP) is 6.06. The number of rotatable bonds is 13. The Hall–Kier alpha value is -1.07. The maximum atomic E-state index is 12.8. The molecule has 0 aromatic carbocycles. The highest BCUT2D eigenvalue weighted by atomic mass is 31.1. The first-order chi connectivity index (χ1) is 14.6. The van der Waals surface area contributed by atoms with Crippen LogP contribution in [0, 0.1) is 11.8 Å². The summed E-state index contributed by atoms with van der Waals surface area (Å²) in [6.07, 6.45) is 10.0. The Kier molecular flexibility index (Phi) is 13.4. The average Bonchev–Trinajstić information content (AvgIpc) is 2.68. The Morgan fingerprint density at radius 2 is 1.77 bits per heavy atom. The van der Waals surface area contributed by atoms with Crippen molar-refractivity contribution >= 4 is 20.1 Å². The molecular formula is C23H44NO6P. The number of hydrogen-bond acceptors (Lipinski definition) is 6. The minimum atomic E-state index is -2.54. The fourth-order valence-electron chi connectivity index (χ4n) is 4.00. The number of ether oxygens (including phenoxy) is 2. The molecule has 0 aliphatic heterocycles. The lowest BCUT2D eigenvalue weighted by Gasteiger charge is -2.28. The summed E-state index contributed by atoms with van der Waals surface area (Å²) in [4.78, 5) is 24.5. The van der Waals surface area contributed by atoms with Crippen molar-refractivity contribution in [3.63, 3.8) is 0 Å². The standard InChI is InChI=1S/C23H44NO6P/c1-6-7-8-12-15-19(21(25)28-5)17-31(27)30-20(16-18-13-10-9-11-14-18)24-22(26)29-23(2,3)4/h18-20,31H,6-17H2,1-5H3,(H,24,26). The molecule has 0 bridgehead atoms. The van der Waals surface area contributed by atoms with Gasteiger partial charge < -0.3 is 14.0 Å². The Morgan fingerprint density at radius 3 is 2.35 bits per heavy atom. The number of nitrogens with one attached hydrogen (secondary N) is 1. The van der Waals surface area contributed by atoms with Crippen LogP contribution in [0.3, 0.4) is 0 Å². The summed E-state index contributed by atoms with van der Waals surface area (Å²) in [5.41, 5.74) is -0.626. The minimum absolute atomic E-state index is 0.140. The SMILES string of the molecule is CCCCCCC(C[PH](=O)OC(CC1CCCCC1)NC(=O)OC(C)(C)C)C(=O)OC. The van der Waals surface area contributed by atoms with Crippen LogP contribution in [0.15, 0.2) is 0 Å². The number of hydrogen-bond donors (Lipinski definition) is 1. The zero-order valence-electron chi connectivity index (χ0n) is 20.2. The van der Waals surface area contributed by atoms with Gasteiger partial charge in [-0.1, -0.05) is 64.7 Å². The summed E-state index contributed by atoms with van der Waals surface area (Å²) in [5.74, 6) is -0.360. The van der Waals surface area contributed by atoms with Crippen molar-refractivity contribution in [1.82, 2.24) is 5.32 Å². The van der Waals surface area contributed by atoms with Gasteiger partial charge in [0.15, 0.2) is 8.03 Å².